The Morgan fingerprint density at radius 2 is 1.41 bits per heavy atom. The molecule has 3 aromatic rings. The van der Waals surface area contributed by atoms with E-state index >= 15 is 0 Å². The summed E-state index contributed by atoms with van der Waals surface area (Å²) in [6.45, 7) is 0.376. The molecule has 37 heavy (non-hydrogen) atoms. The Morgan fingerprint density at radius 3 is 2.03 bits per heavy atom. The van der Waals surface area contributed by atoms with Crippen LogP contribution >= 0.6 is 0 Å². The van der Waals surface area contributed by atoms with Crippen LogP contribution in [0.5, 0.6) is 0 Å². The molecule has 0 fully saturated rings. The molecule has 13 heteroatoms. The number of hydrogen-bond acceptors (Lipinski definition) is 7. The third-order valence-corrected chi connectivity index (χ3v) is 5.55. The second kappa shape index (κ2) is 11.7. The molecular weight excluding hydrogens is 478 g/mol. The van der Waals surface area contributed by atoms with E-state index in [9.17, 15) is 19.2 Å². The number of aryl methyl sites for hydroxylation is 3. The second-order valence-corrected chi connectivity index (χ2v) is 8.48. The summed E-state index contributed by atoms with van der Waals surface area (Å²) in [6, 6.07) is 4.86. The summed E-state index contributed by atoms with van der Waals surface area (Å²) in [5, 5.41) is 18.6. The molecule has 0 unspecified atom stereocenters. The third-order valence-electron chi connectivity index (χ3n) is 5.55. The molecule has 0 atom stereocenters. The number of aldehydes is 1. The maximum Gasteiger partial charge on any atom is 0.272 e. The summed E-state index contributed by atoms with van der Waals surface area (Å²) in [4.78, 5) is 48.4. The number of anilines is 3. The van der Waals surface area contributed by atoms with Gasteiger partial charge >= 0.3 is 0 Å². The van der Waals surface area contributed by atoms with Gasteiger partial charge in [0.25, 0.3) is 11.8 Å². The summed E-state index contributed by atoms with van der Waals surface area (Å²) < 4.78 is 4.90. The smallest absolute Gasteiger partial charge is 0.272 e. The molecule has 0 saturated heterocycles. The Hall–Kier alpha value is -4.81. The maximum atomic E-state index is 12.8. The van der Waals surface area contributed by atoms with Crippen molar-refractivity contribution in [1.82, 2.24) is 19.0 Å². The van der Waals surface area contributed by atoms with Gasteiger partial charge < -0.3 is 45.5 Å². The molecule has 196 valence electrons. The van der Waals surface area contributed by atoms with Gasteiger partial charge in [0.2, 0.25) is 0 Å². The van der Waals surface area contributed by atoms with Crippen LogP contribution in [-0.2, 0) is 25.9 Å². The molecule has 0 saturated carbocycles. The highest BCUT2D eigenvalue weighted by molar-refractivity contribution is 6.05. The standard InChI is InChI=1S/C24H31N9O4/c1-31-14-17(30-24(37)20-8-15(12-33(20)3)27-6-7-34)10-18(31)21(35)11-29-16-9-19(32(2)13-16)23(36)28-5-4-22(25)26/h7-10,12-14,27,29H,4-6,11H2,1-3H3,(H3,25,26)(H,28,36)(H,30,37). The summed E-state index contributed by atoms with van der Waals surface area (Å²) in [6.07, 6.45) is 6.04. The normalized spacial score (nSPS) is 10.6. The fraction of sp³-hybridized carbons (Fsp3) is 0.292. The number of carbonyl (C=O) groups is 4. The van der Waals surface area contributed by atoms with Crippen LogP contribution in [0.15, 0.2) is 36.8 Å². The fourth-order valence-electron chi connectivity index (χ4n) is 3.71. The van der Waals surface area contributed by atoms with E-state index < -0.39 is 0 Å². The van der Waals surface area contributed by atoms with Gasteiger partial charge in [-0.25, -0.2) is 0 Å². The van der Waals surface area contributed by atoms with E-state index in [4.69, 9.17) is 11.1 Å². The van der Waals surface area contributed by atoms with Gasteiger partial charge in [-0.05, 0) is 18.2 Å². The number of carbonyl (C=O) groups excluding carboxylic acids is 4. The number of hydrogen-bond donors (Lipinski definition) is 6. The number of nitrogens with two attached hydrogens (primary N) is 1. The van der Waals surface area contributed by atoms with E-state index in [0.29, 0.717) is 34.1 Å². The van der Waals surface area contributed by atoms with Crippen molar-refractivity contribution in [3.63, 3.8) is 0 Å². The predicted molar refractivity (Wildman–Crippen MR) is 140 cm³/mol. The summed E-state index contributed by atoms with van der Waals surface area (Å²) in [5.41, 5.74) is 8.18. The Bertz CT molecular complexity index is 1330. The highest BCUT2D eigenvalue weighted by Gasteiger charge is 2.17. The lowest BCUT2D eigenvalue weighted by Crippen LogP contribution is -2.28. The highest BCUT2D eigenvalue weighted by Crippen LogP contribution is 2.18. The zero-order valence-electron chi connectivity index (χ0n) is 20.9. The van der Waals surface area contributed by atoms with Crippen LogP contribution < -0.4 is 27.0 Å². The van der Waals surface area contributed by atoms with Crippen LogP contribution in [0.3, 0.4) is 0 Å². The van der Waals surface area contributed by atoms with Gasteiger partial charge in [0.05, 0.1) is 41.7 Å². The van der Waals surface area contributed by atoms with Crippen molar-refractivity contribution in [2.24, 2.45) is 26.9 Å². The van der Waals surface area contributed by atoms with Crippen molar-refractivity contribution in [3.05, 3.63) is 53.9 Å². The first-order valence-corrected chi connectivity index (χ1v) is 11.4. The molecule has 13 nitrogen and oxygen atoms in total. The molecule has 0 aliphatic heterocycles. The van der Waals surface area contributed by atoms with Crippen molar-refractivity contribution >= 4 is 46.8 Å². The molecular formula is C24H31N9O4. The van der Waals surface area contributed by atoms with E-state index in [1.54, 1.807) is 71.6 Å². The van der Waals surface area contributed by atoms with Crippen molar-refractivity contribution in [2.75, 3.05) is 35.6 Å². The van der Waals surface area contributed by atoms with E-state index in [0.717, 1.165) is 6.29 Å². The molecule has 0 aliphatic carbocycles. The fourth-order valence-corrected chi connectivity index (χ4v) is 3.71. The first-order chi connectivity index (χ1) is 17.6. The van der Waals surface area contributed by atoms with Gasteiger partial charge in [-0.15, -0.1) is 0 Å². The summed E-state index contributed by atoms with van der Waals surface area (Å²) in [5.74, 6) is -0.883. The predicted octanol–water partition coefficient (Wildman–Crippen LogP) is 0.916. The lowest BCUT2D eigenvalue weighted by molar-refractivity contribution is -0.106. The number of aromatic nitrogens is 3. The maximum absolute atomic E-state index is 12.8. The number of ketones is 1. The minimum absolute atomic E-state index is 0.00561. The Morgan fingerprint density at radius 1 is 0.865 bits per heavy atom. The second-order valence-electron chi connectivity index (χ2n) is 8.48. The molecule has 0 aliphatic rings. The zero-order chi connectivity index (χ0) is 27.1. The Balaban J connectivity index is 1.59. The Kier molecular flexibility index (Phi) is 8.51. The number of nitrogens with one attached hydrogen (secondary N) is 5. The van der Waals surface area contributed by atoms with E-state index in [1.807, 2.05) is 0 Å². The van der Waals surface area contributed by atoms with Crippen molar-refractivity contribution in [3.8, 4) is 0 Å². The summed E-state index contributed by atoms with van der Waals surface area (Å²) >= 11 is 0. The quantitative estimate of drug-likeness (QED) is 0.0857. The molecule has 0 aromatic carbocycles. The first kappa shape index (κ1) is 26.8. The van der Waals surface area contributed by atoms with Crippen LogP contribution in [0.25, 0.3) is 0 Å². The Labute approximate surface area is 213 Å². The van der Waals surface area contributed by atoms with Crippen LogP contribution in [0.1, 0.15) is 37.9 Å². The molecule has 3 heterocycles. The lowest BCUT2D eigenvalue weighted by atomic mass is 10.2. The number of amidine groups is 1. The average Bonchev–Trinajstić information content (AvgIpc) is 3.51. The SMILES string of the molecule is Cn1cc(NC(=O)c2cc(NCC=O)cn2C)cc1C(=O)CNc1cc(C(=O)NCCC(=N)N)n(C)c1. The van der Waals surface area contributed by atoms with E-state index in [2.05, 4.69) is 21.3 Å². The van der Waals surface area contributed by atoms with Crippen molar-refractivity contribution in [1.29, 1.82) is 5.41 Å². The number of Topliss-reactive ketones (excluding diaryl/α,β-unsaturated/α-hetero) is 1. The number of amides is 2. The molecule has 0 bridgehead atoms. The molecule has 3 aromatic heterocycles. The topological polar surface area (TPSA) is 181 Å². The van der Waals surface area contributed by atoms with Crippen LogP contribution in [-0.4, -0.2) is 63.1 Å². The van der Waals surface area contributed by atoms with Gasteiger partial charge in [0.1, 0.15) is 17.7 Å². The van der Waals surface area contributed by atoms with E-state index in [1.165, 1.54) is 0 Å². The molecule has 0 radical (unpaired) electrons. The van der Waals surface area contributed by atoms with E-state index in [-0.39, 0.29) is 49.5 Å². The van der Waals surface area contributed by atoms with Gasteiger partial charge in [-0.3, -0.25) is 19.8 Å². The zero-order valence-corrected chi connectivity index (χ0v) is 20.9. The van der Waals surface area contributed by atoms with Gasteiger partial charge in [0.15, 0.2) is 5.78 Å². The highest BCUT2D eigenvalue weighted by atomic mass is 16.2. The minimum Gasteiger partial charge on any atom is -0.388 e. The van der Waals surface area contributed by atoms with Crippen molar-refractivity contribution in [2.45, 2.75) is 6.42 Å². The van der Waals surface area contributed by atoms with Gasteiger partial charge in [0, 0.05) is 52.7 Å². The molecule has 2 amide bonds. The van der Waals surface area contributed by atoms with Crippen LogP contribution in [0, 0.1) is 5.41 Å². The molecule has 7 N–H and O–H groups in total. The van der Waals surface area contributed by atoms with Crippen LogP contribution in [0.4, 0.5) is 17.1 Å². The lowest BCUT2D eigenvalue weighted by Gasteiger charge is -2.04. The monoisotopic (exact) mass is 509 g/mol. The third kappa shape index (κ3) is 6.87. The van der Waals surface area contributed by atoms with Gasteiger partial charge in [-0.2, -0.15) is 0 Å². The van der Waals surface area contributed by atoms with Gasteiger partial charge in [-0.1, -0.05) is 0 Å². The molecule has 0 spiro atoms. The van der Waals surface area contributed by atoms with Crippen LogP contribution in [0.2, 0.25) is 0 Å². The van der Waals surface area contributed by atoms with Crippen molar-refractivity contribution < 1.29 is 19.2 Å². The number of nitrogens with zero attached hydrogens (tertiary/aromatic N) is 3. The first-order valence-electron chi connectivity index (χ1n) is 11.4. The summed E-state index contributed by atoms with van der Waals surface area (Å²) in [7, 11) is 5.14. The number of rotatable bonds is 13. The average molecular weight is 510 g/mol. The molecule has 3 rings (SSSR count). The largest absolute Gasteiger partial charge is 0.388 e. The minimum atomic E-state index is -0.359.